The average molecular weight is 386 g/mol. The summed E-state index contributed by atoms with van der Waals surface area (Å²) in [7, 11) is 1.69. The molecule has 0 bridgehead atoms. The van der Waals surface area contributed by atoms with E-state index in [1.54, 1.807) is 7.11 Å². The number of piperidine rings is 1. The molecule has 0 atom stereocenters. The van der Waals surface area contributed by atoms with Crippen LogP contribution in [0.3, 0.4) is 0 Å². The van der Waals surface area contributed by atoms with Gasteiger partial charge in [-0.2, -0.15) is 0 Å². The molecule has 0 N–H and O–H groups in total. The fraction of sp³-hybridized carbons (Fsp3) is 0.421. The van der Waals surface area contributed by atoms with Crippen molar-refractivity contribution < 1.29 is 9.47 Å². The standard InChI is InChI=1S/C19H23AsN2O2/c1-3-22-11-9-14(10-12-22)24-15-7-8-16(18(13-15)23-2)17-5-4-6-19(20)21-17/h4-8,13-14H,3,9-12H2,1-2H3. The predicted molar refractivity (Wildman–Crippen MR) is 97.4 cm³/mol. The summed E-state index contributed by atoms with van der Waals surface area (Å²) >= 11 is 2.47. The van der Waals surface area contributed by atoms with Gasteiger partial charge in [-0.25, -0.2) is 0 Å². The van der Waals surface area contributed by atoms with Crippen molar-refractivity contribution in [3.63, 3.8) is 0 Å². The van der Waals surface area contributed by atoms with Crippen LogP contribution in [0.5, 0.6) is 11.5 Å². The second-order valence-electron chi connectivity index (χ2n) is 5.99. The molecule has 1 aliphatic rings. The van der Waals surface area contributed by atoms with Crippen LogP contribution in [0.4, 0.5) is 0 Å². The summed E-state index contributed by atoms with van der Waals surface area (Å²) < 4.78 is 12.7. The molecule has 1 aromatic carbocycles. The third kappa shape index (κ3) is 4.11. The van der Waals surface area contributed by atoms with Crippen molar-refractivity contribution in [3.8, 4) is 22.8 Å². The van der Waals surface area contributed by atoms with E-state index >= 15 is 0 Å². The average Bonchev–Trinajstić information content (AvgIpc) is 2.62. The summed E-state index contributed by atoms with van der Waals surface area (Å²) in [6.07, 6.45) is 2.45. The van der Waals surface area contributed by atoms with E-state index in [9.17, 15) is 0 Å². The summed E-state index contributed by atoms with van der Waals surface area (Å²) in [5, 5.41) is 0. The normalized spacial score (nSPS) is 16.1. The first-order valence-corrected chi connectivity index (χ1v) is 9.37. The molecule has 0 spiro atoms. The molecular weight excluding hydrogens is 363 g/mol. The van der Waals surface area contributed by atoms with Gasteiger partial charge >= 0.3 is 139 Å². The molecule has 1 saturated heterocycles. The summed E-state index contributed by atoms with van der Waals surface area (Å²) in [5.74, 6) is 1.66. The number of rotatable bonds is 5. The first kappa shape index (κ1) is 17.3. The fourth-order valence-electron chi connectivity index (χ4n) is 3.07. The van der Waals surface area contributed by atoms with Crippen LogP contribution in [0.25, 0.3) is 11.3 Å². The van der Waals surface area contributed by atoms with E-state index in [1.165, 1.54) is 0 Å². The van der Waals surface area contributed by atoms with Crippen molar-refractivity contribution in [1.82, 2.24) is 9.88 Å². The topological polar surface area (TPSA) is 34.6 Å². The van der Waals surface area contributed by atoms with Gasteiger partial charge in [0.15, 0.2) is 0 Å². The van der Waals surface area contributed by atoms with Gasteiger partial charge in [0.1, 0.15) is 0 Å². The zero-order valence-electron chi connectivity index (χ0n) is 14.2. The maximum atomic E-state index is 6.18. The predicted octanol–water partition coefficient (Wildman–Crippen LogP) is 2.41. The Morgan fingerprint density at radius 2 is 2.00 bits per heavy atom. The monoisotopic (exact) mass is 386 g/mol. The van der Waals surface area contributed by atoms with Crippen LogP contribution in [-0.4, -0.2) is 59.6 Å². The van der Waals surface area contributed by atoms with Gasteiger partial charge < -0.3 is 0 Å². The zero-order valence-corrected chi connectivity index (χ0v) is 16.1. The van der Waals surface area contributed by atoms with E-state index < -0.39 is 0 Å². The molecule has 0 aliphatic carbocycles. The molecule has 1 fully saturated rings. The Morgan fingerprint density at radius 1 is 1.21 bits per heavy atom. The molecule has 126 valence electrons. The summed E-state index contributed by atoms with van der Waals surface area (Å²) in [4.78, 5) is 7.02. The molecule has 24 heavy (non-hydrogen) atoms. The van der Waals surface area contributed by atoms with E-state index in [2.05, 4.69) is 33.7 Å². The van der Waals surface area contributed by atoms with Crippen LogP contribution < -0.4 is 14.0 Å². The van der Waals surface area contributed by atoms with Gasteiger partial charge in [0.05, 0.1) is 0 Å². The Kier molecular flexibility index (Phi) is 5.80. The number of nitrogens with zero attached hydrogens (tertiary/aromatic N) is 2. The second-order valence-corrected chi connectivity index (χ2v) is 6.96. The van der Waals surface area contributed by atoms with Gasteiger partial charge in [-0.3, -0.25) is 0 Å². The number of hydrogen-bond acceptors (Lipinski definition) is 4. The molecule has 3 rings (SSSR count). The number of benzene rings is 1. The van der Waals surface area contributed by atoms with E-state index in [-0.39, 0.29) is 6.10 Å². The molecule has 0 saturated carbocycles. The van der Waals surface area contributed by atoms with Crippen molar-refractivity contribution in [2.24, 2.45) is 0 Å². The van der Waals surface area contributed by atoms with Crippen molar-refractivity contribution in [3.05, 3.63) is 36.4 Å². The summed E-state index contributed by atoms with van der Waals surface area (Å²) in [5.41, 5.74) is 1.89. The molecule has 0 amide bonds. The van der Waals surface area contributed by atoms with Crippen molar-refractivity contribution in [2.75, 3.05) is 26.7 Å². The molecule has 1 aliphatic heterocycles. The Morgan fingerprint density at radius 3 is 2.67 bits per heavy atom. The Bertz CT molecular complexity index is 685. The molecule has 2 radical (unpaired) electrons. The van der Waals surface area contributed by atoms with Crippen LogP contribution in [0, 0.1) is 0 Å². The number of likely N-dealkylation sites (tertiary alicyclic amines) is 1. The third-order valence-corrected chi connectivity index (χ3v) is 4.99. The van der Waals surface area contributed by atoms with E-state index in [0.717, 1.165) is 59.7 Å². The van der Waals surface area contributed by atoms with Gasteiger partial charge in [0.25, 0.3) is 0 Å². The Hall–Kier alpha value is -1.51. The minimum atomic E-state index is 0.290. The van der Waals surface area contributed by atoms with E-state index in [4.69, 9.17) is 9.47 Å². The fourth-order valence-corrected chi connectivity index (χ4v) is 3.47. The molecule has 2 aromatic rings. The van der Waals surface area contributed by atoms with Crippen molar-refractivity contribution in [1.29, 1.82) is 0 Å². The number of ether oxygens (including phenoxy) is 2. The van der Waals surface area contributed by atoms with Crippen molar-refractivity contribution in [2.45, 2.75) is 25.9 Å². The zero-order chi connectivity index (χ0) is 16.9. The van der Waals surface area contributed by atoms with Gasteiger partial charge in [-0.15, -0.1) is 0 Å². The molecule has 5 heteroatoms. The number of methoxy groups -OCH3 is 1. The van der Waals surface area contributed by atoms with Crippen LogP contribution in [0.1, 0.15) is 19.8 Å². The number of aromatic nitrogens is 1. The molecule has 1 aromatic heterocycles. The SMILES string of the molecule is CCN1CCC(Oc2ccc(-c3cccc([As])n3)c(OC)c2)CC1. The second kappa shape index (κ2) is 8.04. The Balaban J connectivity index is 1.75. The summed E-state index contributed by atoms with van der Waals surface area (Å²) in [6, 6.07) is 12.0. The van der Waals surface area contributed by atoms with Crippen LogP contribution >= 0.6 is 0 Å². The van der Waals surface area contributed by atoms with Crippen LogP contribution in [-0.2, 0) is 0 Å². The molecule has 0 unspecified atom stereocenters. The van der Waals surface area contributed by atoms with Gasteiger partial charge in [0.2, 0.25) is 0 Å². The number of hydrogen-bond donors (Lipinski definition) is 0. The van der Waals surface area contributed by atoms with Crippen LogP contribution in [0.15, 0.2) is 36.4 Å². The van der Waals surface area contributed by atoms with Gasteiger partial charge in [-0.1, -0.05) is 6.92 Å². The molecule has 2 heterocycles. The third-order valence-electron chi connectivity index (χ3n) is 4.47. The quantitative estimate of drug-likeness (QED) is 0.740. The first-order valence-electron chi connectivity index (χ1n) is 8.43. The maximum absolute atomic E-state index is 6.18. The van der Waals surface area contributed by atoms with Gasteiger partial charge in [0, 0.05) is 0 Å². The molecule has 4 nitrogen and oxygen atoms in total. The minimum absolute atomic E-state index is 0.290. The van der Waals surface area contributed by atoms with Gasteiger partial charge in [-0.05, 0) is 6.54 Å². The summed E-state index contributed by atoms with van der Waals surface area (Å²) in [6.45, 7) is 5.56. The first-order chi connectivity index (χ1) is 11.7. The Labute approximate surface area is 152 Å². The number of pyridine rings is 1. The van der Waals surface area contributed by atoms with Crippen molar-refractivity contribution >= 4 is 21.3 Å². The molecular formula is C19H23AsN2O2. The van der Waals surface area contributed by atoms with E-state index in [0.29, 0.717) is 0 Å². The van der Waals surface area contributed by atoms with E-state index in [1.807, 2.05) is 36.4 Å². The van der Waals surface area contributed by atoms with Crippen LogP contribution in [0.2, 0.25) is 0 Å².